The first kappa shape index (κ1) is 20.7. The summed E-state index contributed by atoms with van der Waals surface area (Å²) in [6.07, 6.45) is 1.83. The van der Waals surface area contributed by atoms with Gasteiger partial charge in [-0.1, -0.05) is 30.3 Å². The summed E-state index contributed by atoms with van der Waals surface area (Å²) in [4.78, 5) is 21.8. The molecule has 0 aliphatic rings. The van der Waals surface area contributed by atoms with Gasteiger partial charge in [-0.2, -0.15) is 0 Å². The quantitative estimate of drug-likeness (QED) is 0.513. The lowest BCUT2D eigenvalue weighted by Crippen LogP contribution is -2.36. The molecule has 0 radical (unpaired) electrons. The monoisotopic (exact) mass is 365 g/mol. The van der Waals surface area contributed by atoms with Crippen LogP contribution in [0, 0.1) is 13.8 Å². The molecule has 0 unspecified atom stereocenters. The average Bonchev–Trinajstić information content (AvgIpc) is 2.67. The third kappa shape index (κ3) is 5.19. The second kappa shape index (κ2) is 9.36. The summed E-state index contributed by atoms with van der Waals surface area (Å²) in [5, 5.41) is 0. The van der Waals surface area contributed by atoms with Crippen LogP contribution in [0.3, 0.4) is 0 Å². The summed E-state index contributed by atoms with van der Waals surface area (Å²) in [7, 11) is 1.99. The van der Waals surface area contributed by atoms with Crippen molar-refractivity contribution in [3.63, 3.8) is 0 Å². The number of aliphatic imine (C=N–C) groups is 1. The number of rotatable bonds is 7. The summed E-state index contributed by atoms with van der Waals surface area (Å²) in [6.45, 7) is 11.7. The van der Waals surface area contributed by atoms with Crippen LogP contribution in [0.4, 0.5) is 5.69 Å². The molecule has 2 aromatic carbocycles. The average molecular weight is 366 g/mol. The van der Waals surface area contributed by atoms with Gasteiger partial charge in [-0.05, 0) is 63.4 Å². The highest BCUT2D eigenvalue weighted by Crippen LogP contribution is 2.26. The Labute approximate surface area is 163 Å². The van der Waals surface area contributed by atoms with E-state index < -0.39 is 0 Å². The van der Waals surface area contributed by atoms with Gasteiger partial charge < -0.3 is 9.80 Å². The van der Waals surface area contributed by atoms with Crippen molar-refractivity contribution in [2.75, 3.05) is 13.6 Å². The van der Waals surface area contributed by atoms with E-state index in [4.69, 9.17) is 0 Å². The molecule has 4 heteroatoms. The minimum atomic E-state index is 0.0654. The zero-order chi connectivity index (χ0) is 20.0. The smallest absolute Gasteiger partial charge is 0.254 e. The number of amides is 1. The summed E-state index contributed by atoms with van der Waals surface area (Å²) in [5.41, 5.74) is 4.83. The zero-order valence-electron chi connectivity index (χ0n) is 17.4. The molecule has 144 valence electrons. The topological polar surface area (TPSA) is 35.9 Å². The Hall–Kier alpha value is -2.62. The third-order valence-corrected chi connectivity index (χ3v) is 4.96. The SMILES string of the molecule is CCN(C)C=Nc1ccc(C(=O)N(Cc2ccccc2)C(C)C)c(C)c1C. The van der Waals surface area contributed by atoms with E-state index in [1.54, 1.807) is 0 Å². The fourth-order valence-corrected chi connectivity index (χ4v) is 2.84. The molecular formula is C23H31N3O. The second-order valence-corrected chi connectivity index (χ2v) is 7.21. The summed E-state index contributed by atoms with van der Waals surface area (Å²) in [6, 6.07) is 14.1. The van der Waals surface area contributed by atoms with Crippen molar-refractivity contribution in [2.45, 2.75) is 47.2 Å². The number of benzene rings is 2. The Bertz CT molecular complexity index is 797. The fourth-order valence-electron chi connectivity index (χ4n) is 2.84. The number of carbonyl (C=O) groups excluding carboxylic acids is 1. The maximum atomic E-state index is 13.3. The van der Waals surface area contributed by atoms with Crippen molar-refractivity contribution < 1.29 is 4.79 Å². The van der Waals surface area contributed by atoms with Gasteiger partial charge in [0, 0.05) is 31.7 Å². The molecule has 0 aliphatic heterocycles. The largest absolute Gasteiger partial charge is 0.366 e. The predicted molar refractivity (Wildman–Crippen MR) is 114 cm³/mol. The highest BCUT2D eigenvalue weighted by molar-refractivity contribution is 5.96. The molecule has 0 spiro atoms. The summed E-state index contributed by atoms with van der Waals surface area (Å²) in [5.74, 6) is 0.0654. The molecule has 0 aliphatic carbocycles. The molecular weight excluding hydrogens is 334 g/mol. The van der Waals surface area contributed by atoms with Crippen LogP contribution < -0.4 is 0 Å². The molecule has 0 fully saturated rings. The van der Waals surface area contributed by atoms with Gasteiger partial charge in [0.1, 0.15) is 0 Å². The molecule has 0 saturated carbocycles. The predicted octanol–water partition coefficient (Wildman–Crippen LogP) is 4.97. The number of hydrogen-bond acceptors (Lipinski definition) is 2. The molecule has 0 atom stereocenters. The molecule has 0 heterocycles. The van der Waals surface area contributed by atoms with E-state index in [-0.39, 0.29) is 11.9 Å². The van der Waals surface area contributed by atoms with Gasteiger partial charge in [-0.15, -0.1) is 0 Å². The molecule has 0 bridgehead atoms. The van der Waals surface area contributed by atoms with Crippen LogP contribution >= 0.6 is 0 Å². The first-order valence-corrected chi connectivity index (χ1v) is 9.54. The van der Waals surface area contributed by atoms with Crippen molar-refractivity contribution in [1.82, 2.24) is 9.80 Å². The van der Waals surface area contributed by atoms with Crippen molar-refractivity contribution in [1.29, 1.82) is 0 Å². The lowest BCUT2D eigenvalue weighted by Gasteiger charge is -2.28. The summed E-state index contributed by atoms with van der Waals surface area (Å²) < 4.78 is 0. The van der Waals surface area contributed by atoms with E-state index in [0.29, 0.717) is 6.54 Å². The van der Waals surface area contributed by atoms with Gasteiger partial charge >= 0.3 is 0 Å². The normalized spacial score (nSPS) is 11.2. The van der Waals surface area contributed by atoms with Gasteiger partial charge in [0.05, 0.1) is 12.0 Å². The van der Waals surface area contributed by atoms with Crippen molar-refractivity contribution in [2.24, 2.45) is 4.99 Å². The fraction of sp³-hybridized carbons (Fsp3) is 0.391. The van der Waals surface area contributed by atoms with Crippen LogP contribution in [0.25, 0.3) is 0 Å². The van der Waals surface area contributed by atoms with Gasteiger partial charge in [0.15, 0.2) is 0 Å². The van der Waals surface area contributed by atoms with Crippen LogP contribution in [0.2, 0.25) is 0 Å². The molecule has 0 saturated heterocycles. The zero-order valence-corrected chi connectivity index (χ0v) is 17.4. The maximum absolute atomic E-state index is 13.3. The van der Waals surface area contributed by atoms with Crippen LogP contribution in [0.1, 0.15) is 47.8 Å². The van der Waals surface area contributed by atoms with Crippen molar-refractivity contribution in [3.8, 4) is 0 Å². The van der Waals surface area contributed by atoms with E-state index in [1.165, 1.54) is 0 Å². The van der Waals surface area contributed by atoms with Crippen LogP contribution in [0.15, 0.2) is 47.5 Å². The molecule has 0 aromatic heterocycles. The van der Waals surface area contributed by atoms with Crippen LogP contribution in [0.5, 0.6) is 0 Å². The highest BCUT2D eigenvalue weighted by Gasteiger charge is 2.22. The maximum Gasteiger partial charge on any atom is 0.254 e. The lowest BCUT2D eigenvalue weighted by atomic mass is 10.00. The molecule has 2 rings (SSSR count). The van der Waals surface area contributed by atoms with Gasteiger partial charge in [0.2, 0.25) is 0 Å². The molecule has 0 N–H and O–H groups in total. The second-order valence-electron chi connectivity index (χ2n) is 7.21. The Kier molecular flexibility index (Phi) is 7.17. The van der Waals surface area contributed by atoms with Crippen molar-refractivity contribution in [3.05, 3.63) is 64.7 Å². The van der Waals surface area contributed by atoms with Crippen molar-refractivity contribution >= 4 is 17.9 Å². The minimum absolute atomic E-state index is 0.0654. The molecule has 4 nitrogen and oxygen atoms in total. The number of hydrogen-bond donors (Lipinski definition) is 0. The van der Waals surface area contributed by atoms with Gasteiger partial charge in [-0.25, -0.2) is 4.99 Å². The Balaban J connectivity index is 2.30. The Morgan fingerprint density at radius 3 is 2.33 bits per heavy atom. The minimum Gasteiger partial charge on any atom is -0.366 e. The van der Waals surface area contributed by atoms with E-state index in [0.717, 1.165) is 34.5 Å². The first-order valence-electron chi connectivity index (χ1n) is 9.54. The standard InChI is InChI=1S/C23H31N3O/c1-7-25(6)16-24-22-14-13-21(18(4)19(22)5)23(27)26(17(2)3)15-20-11-9-8-10-12-20/h8-14,16-17H,7,15H2,1-6H3. The van der Waals surface area contributed by atoms with E-state index in [9.17, 15) is 4.79 Å². The molecule has 1 amide bonds. The Morgan fingerprint density at radius 2 is 1.74 bits per heavy atom. The van der Waals surface area contributed by atoms with Crippen LogP contribution in [-0.4, -0.2) is 41.7 Å². The lowest BCUT2D eigenvalue weighted by molar-refractivity contribution is 0.0689. The molecule has 27 heavy (non-hydrogen) atoms. The number of nitrogens with zero attached hydrogens (tertiary/aromatic N) is 3. The van der Waals surface area contributed by atoms with Gasteiger partial charge in [0.25, 0.3) is 5.91 Å². The highest BCUT2D eigenvalue weighted by atomic mass is 16.2. The third-order valence-electron chi connectivity index (χ3n) is 4.96. The summed E-state index contributed by atoms with van der Waals surface area (Å²) >= 11 is 0. The van der Waals surface area contributed by atoms with E-state index in [1.807, 2.05) is 67.4 Å². The first-order chi connectivity index (χ1) is 12.8. The number of carbonyl (C=O) groups is 1. The van der Waals surface area contributed by atoms with Crippen LogP contribution in [-0.2, 0) is 6.54 Å². The van der Waals surface area contributed by atoms with E-state index in [2.05, 4.69) is 37.9 Å². The Morgan fingerprint density at radius 1 is 1.07 bits per heavy atom. The van der Waals surface area contributed by atoms with E-state index >= 15 is 0 Å². The molecule has 2 aromatic rings. The van der Waals surface area contributed by atoms with Gasteiger partial charge in [-0.3, -0.25) is 4.79 Å².